The van der Waals surface area contributed by atoms with E-state index in [9.17, 15) is 4.79 Å². The molecule has 1 aromatic rings. The first-order valence-electron chi connectivity index (χ1n) is 7.05. The Hall–Kier alpha value is -1.39. The molecule has 2 N–H and O–H groups in total. The standard InChI is InChI=1S/C15H21N3O2S/c1-12-11-14(21-13(12)5-3-4-10-19)15(20)16-18-8-6-17(2)7-9-18/h11,19H,4,6-10H2,1-2H3,(H,16,20). The zero-order valence-electron chi connectivity index (χ0n) is 12.5. The fraction of sp³-hybridized carbons (Fsp3) is 0.533. The maximum absolute atomic E-state index is 12.2. The molecule has 1 aromatic heterocycles. The lowest BCUT2D eigenvalue weighted by atomic mass is 10.2. The van der Waals surface area contributed by atoms with Gasteiger partial charge in [-0.3, -0.25) is 10.2 Å². The molecule has 0 aliphatic carbocycles. The van der Waals surface area contributed by atoms with Crippen LogP contribution in [-0.2, 0) is 0 Å². The summed E-state index contributed by atoms with van der Waals surface area (Å²) in [6, 6.07) is 1.87. The molecular formula is C15H21N3O2S. The molecule has 21 heavy (non-hydrogen) atoms. The highest BCUT2D eigenvalue weighted by molar-refractivity contribution is 7.14. The van der Waals surface area contributed by atoms with Gasteiger partial charge in [-0.15, -0.1) is 11.3 Å². The molecule has 0 atom stereocenters. The number of amides is 1. The van der Waals surface area contributed by atoms with Crippen LogP contribution in [0.4, 0.5) is 0 Å². The van der Waals surface area contributed by atoms with E-state index in [1.165, 1.54) is 11.3 Å². The number of hydrazine groups is 1. The number of nitrogens with zero attached hydrogens (tertiary/aromatic N) is 2. The van der Waals surface area contributed by atoms with Crippen LogP contribution in [0.1, 0.15) is 26.5 Å². The number of nitrogens with one attached hydrogen (secondary N) is 1. The van der Waals surface area contributed by atoms with Gasteiger partial charge < -0.3 is 10.0 Å². The van der Waals surface area contributed by atoms with E-state index in [-0.39, 0.29) is 12.5 Å². The molecule has 1 fully saturated rings. The van der Waals surface area contributed by atoms with Gasteiger partial charge in [0.05, 0.1) is 16.4 Å². The molecule has 0 aromatic carbocycles. The van der Waals surface area contributed by atoms with Gasteiger partial charge in [0, 0.05) is 32.6 Å². The number of aliphatic hydroxyl groups is 1. The molecule has 0 saturated carbocycles. The SMILES string of the molecule is Cc1cc(C(=O)NN2CCN(C)CC2)sc1C#CCCO. The highest BCUT2D eigenvalue weighted by atomic mass is 32.1. The molecule has 2 rings (SSSR count). The summed E-state index contributed by atoms with van der Waals surface area (Å²) in [5.41, 5.74) is 3.96. The lowest BCUT2D eigenvalue weighted by molar-refractivity contribution is 0.0666. The molecule has 0 radical (unpaired) electrons. The predicted molar refractivity (Wildman–Crippen MR) is 84.2 cm³/mol. The van der Waals surface area contributed by atoms with Crippen LogP contribution in [0.2, 0.25) is 0 Å². The lowest BCUT2D eigenvalue weighted by Crippen LogP contribution is -2.52. The Bertz CT molecular complexity index is 551. The molecule has 1 amide bonds. The van der Waals surface area contributed by atoms with Crippen LogP contribution in [0.3, 0.4) is 0 Å². The Morgan fingerprint density at radius 3 is 2.81 bits per heavy atom. The molecule has 0 unspecified atom stereocenters. The molecule has 1 saturated heterocycles. The summed E-state index contributed by atoms with van der Waals surface area (Å²) in [5.74, 6) is 5.83. The molecule has 1 aliphatic rings. The Labute approximate surface area is 129 Å². The normalized spacial score (nSPS) is 16.3. The maximum atomic E-state index is 12.2. The first kappa shape index (κ1) is 16.0. The Morgan fingerprint density at radius 1 is 1.43 bits per heavy atom. The van der Waals surface area contributed by atoms with Gasteiger partial charge in [-0.2, -0.15) is 0 Å². The van der Waals surface area contributed by atoms with E-state index in [0.29, 0.717) is 11.3 Å². The van der Waals surface area contributed by atoms with Crippen molar-refractivity contribution in [3.63, 3.8) is 0 Å². The summed E-state index contributed by atoms with van der Waals surface area (Å²) in [7, 11) is 2.08. The van der Waals surface area contributed by atoms with E-state index < -0.39 is 0 Å². The largest absolute Gasteiger partial charge is 0.395 e. The van der Waals surface area contributed by atoms with Crippen LogP contribution in [0.15, 0.2) is 6.07 Å². The van der Waals surface area contributed by atoms with Crippen molar-refractivity contribution in [3.05, 3.63) is 21.4 Å². The smallest absolute Gasteiger partial charge is 0.275 e. The molecule has 114 valence electrons. The fourth-order valence-electron chi connectivity index (χ4n) is 2.03. The average Bonchev–Trinajstić information content (AvgIpc) is 2.83. The van der Waals surface area contributed by atoms with Crippen molar-refractivity contribution in [2.24, 2.45) is 0 Å². The van der Waals surface area contributed by atoms with Crippen LogP contribution < -0.4 is 5.43 Å². The molecule has 0 spiro atoms. The van der Waals surface area contributed by atoms with Crippen LogP contribution in [0, 0.1) is 18.8 Å². The van der Waals surface area contributed by atoms with E-state index in [2.05, 4.69) is 29.2 Å². The van der Waals surface area contributed by atoms with Crippen LogP contribution in [0.25, 0.3) is 0 Å². The summed E-state index contributed by atoms with van der Waals surface area (Å²) < 4.78 is 0. The van der Waals surface area contributed by atoms with E-state index in [4.69, 9.17) is 5.11 Å². The quantitative estimate of drug-likeness (QED) is 0.807. The minimum absolute atomic E-state index is 0.0637. The lowest BCUT2D eigenvalue weighted by Gasteiger charge is -2.32. The number of likely N-dealkylation sites (N-methyl/N-ethyl adjacent to an activating group) is 1. The van der Waals surface area contributed by atoms with Crippen LogP contribution in [0.5, 0.6) is 0 Å². The number of rotatable bonds is 3. The van der Waals surface area contributed by atoms with Crippen LogP contribution >= 0.6 is 11.3 Å². The Balaban J connectivity index is 1.97. The van der Waals surface area contributed by atoms with E-state index >= 15 is 0 Å². The number of carbonyl (C=O) groups is 1. The third-order valence-electron chi connectivity index (χ3n) is 3.34. The second-order valence-electron chi connectivity index (χ2n) is 5.13. The van der Waals surface area contributed by atoms with Crippen molar-refractivity contribution < 1.29 is 9.90 Å². The summed E-state index contributed by atoms with van der Waals surface area (Å²) in [5, 5.41) is 10.7. The molecular weight excluding hydrogens is 286 g/mol. The van der Waals surface area contributed by atoms with Gasteiger partial charge in [0.1, 0.15) is 0 Å². The number of hydrogen-bond acceptors (Lipinski definition) is 5. The zero-order valence-corrected chi connectivity index (χ0v) is 13.3. The number of aliphatic hydroxyl groups excluding tert-OH is 1. The van der Waals surface area contributed by atoms with Crippen molar-refractivity contribution in [3.8, 4) is 11.8 Å². The van der Waals surface area contributed by atoms with Crippen molar-refractivity contribution >= 4 is 17.2 Å². The van der Waals surface area contributed by atoms with Crippen molar-refractivity contribution in [2.45, 2.75) is 13.3 Å². The van der Waals surface area contributed by atoms with E-state index in [0.717, 1.165) is 36.6 Å². The zero-order chi connectivity index (χ0) is 15.2. The number of carbonyl (C=O) groups excluding carboxylic acids is 1. The van der Waals surface area contributed by atoms with Crippen molar-refractivity contribution in [2.75, 3.05) is 39.8 Å². The van der Waals surface area contributed by atoms with Gasteiger partial charge in [0.2, 0.25) is 0 Å². The van der Waals surface area contributed by atoms with Gasteiger partial charge in [-0.05, 0) is 25.6 Å². The molecule has 6 heteroatoms. The maximum Gasteiger partial charge on any atom is 0.275 e. The molecule has 2 heterocycles. The van der Waals surface area contributed by atoms with Gasteiger partial charge in [0.25, 0.3) is 5.91 Å². The Kier molecular flexibility index (Phi) is 5.76. The second kappa shape index (κ2) is 7.57. The minimum atomic E-state index is -0.0668. The predicted octanol–water partition coefficient (Wildman–Crippen LogP) is 0.683. The van der Waals surface area contributed by atoms with Gasteiger partial charge in [-0.25, -0.2) is 5.01 Å². The molecule has 1 aliphatic heterocycles. The highest BCUT2D eigenvalue weighted by Gasteiger charge is 2.18. The molecule has 0 bridgehead atoms. The summed E-state index contributed by atoms with van der Waals surface area (Å²) in [6.07, 6.45) is 0.458. The van der Waals surface area contributed by atoms with E-state index in [1.54, 1.807) is 0 Å². The Morgan fingerprint density at radius 2 is 2.14 bits per heavy atom. The second-order valence-corrected chi connectivity index (χ2v) is 6.18. The summed E-state index contributed by atoms with van der Waals surface area (Å²) >= 11 is 1.40. The van der Waals surface area contributed by atoms with Gasteiger partial charge in [-0.1, -0.05) is 11.8 Å². The van der Waals surface area contributed by atoms with Gasteiger partial charge >= 0.3 is 0 Å². The monoisotopic (exact) mass is 307 g/mol. The third-order valence-corrected chi connectivity index (χ3v) is 4.49. The van der Waals surface area contributed by atoms with Crippen molar-refractivity contribution in [1.29, 1.82) is 0 Å². The first-order chi connectivity index (χ1) is 10.1. The van der Waals surface area contributed by atoms with Gasteiger partial charge in [0.15, 0.2) is 0 Å². The van der Waals surface area contributed by atoms with Crippen LogP contribution in [-0.4, -0.2) is 60.8 Å². The fourth-order valence-corrected chi connectivity index (χ4v) is 2.97. The summed E-state index contributed by atoms with van der Waals surface area (Å²) in [4.78, 5) is 16.1. The highest BCUT2D eigenvalue weighted by Crippen LogP contribution is 2.21. The molecule has 5 nitrogen and oxygen atoms in total. The number of thiophene rings is 1. The first-order valence-corrected chi connectivity index (χ1v) is 7.86. The number of hydrogen-bond donors (Lipinski definition) is 2. The third kappa shape index (κ3) is 4.55. The average molecular weight is 307 g/mol. The van der Waals surface area contributed by atoms with E-state index in [1.807, 2.05) is 18.0 Å². The summed E-state index contributed by atoms with van der Waals surface area (Å²) in [6.45, 7) is 5.62. The topological polar surface area (TPSA) is 55.8 Å². The van der Waals surface area contributed by atoms with Crippen molar-refractivity contribution in [1.82, 2.24) is 15.3 Å². The number of aryl methyl sites for hydroxylation is 1. The number of piperazine rings is 1. The minimum Gasteiger partial charge on any atom is -0.395 e.